The first-order chi connectivity index (χ1) is 20.4. The molecule has 0 radical (unpaired) electrons. The van der Waals surface area contributed by atoms with Crippen LogP contribution in [0.25, 0.3) is 0 Å². The van der Waals surface area contributed by atoms with E-state index in [-0.39, 0.29) is 13.2 Å². The summed E-state index contributed by atoms with van der Waals surface area (Å²) in [7, 11) is 0. The number of amides is 3. The first-order valence-electron chi connectivity index (χ1n) is 14.1. The maximum atomic E-state index is 13.3. The third-order valence-corrected chi connectivity index (χ3v) is 6.03. The van der Waals surface area contributed by atoms with Gasteiger partial charge in [0.15, 0.2) is 5.21 Å². The van der Waals surface area contributed by atoms with Gasteiger partial charge in [0.05, 0.1) is 19.8 Å². The van der Waals surface area contributed by atoms with Gasteiger partial charge < -0.3 is 30.2 Å². The molecule has 3 aromatic rings. The number of benzene rings is 2. The Labute approximate surface area is 251 Å². The van der Waals surface area contributed by atoms with E-state index in [2.05, 4.69) is 31.5 Å². The SMILES string of the molecule is CC(C)(C)OC(=O)NC(C)(C)C(=O)N[C@H](COCc1ccccc1)c1nn[nH][n+]1CCCNC(=O)OCc1ccccc1. The molecule has 2 aromatic carbocycles. The van der Waals surface area contributed by atoms with Crippen LogP contribution in [-0.4, -0.2) is 57.9 Å². The number of nitrogens with one attached hydrogen (secondary N) is 4. The molecule has 3 rings (SSSR count). The lowest BCUT2D eigenvalue weighted by Crippen LogP contribution is -2.57. The van der Waals surface area contributed by atoms with Crippen molar-refractivity contribution in [2.75, 3.05) is 13.2 Å². The Hall–Kier alpha value is -4.52. The molecule has 0 aliphatic rings. The average Bonchev–Trinajstić information content (AvgIpc) is 3.42. The zero-order chi connectivity index (χ0) is 31.3. The number of nitrogens with zero attached hydrogens (tertiary/aromatic N) is 3. The molecule has 0 aliphatic heterocycles. The Balaban J connectivity index is 1.60. The number of hydrogen-bond donors (Lipinski definition) is 4. The number of rotatable bonds is 14. The number of aromatic amines is 1. The molecule has 4 N–H and O–H groups in total. The van der Waals surface area contributed by atoms with Gasteiger partial charge in [-0.3, -0.25) is 4.79 Å². The van der Waals surface area contributed by atoms with E-state index in [0.717, 1.165) is 11.1 Å². The van der Waals surface area contributed by atoms with Gasteiger partial charge in [0.25, 0.3) is 0 Å². The van der Waals surface area contributed by atoms with Gasteiger partial charge in [-0.15, -0.1) is 0 Å². The highest BCUT2D eigenvalue weighted by atomic mass is 16.6. The quantitative estimate of drug-likeness (QED) is 0.163. The normalized spacial score (nSPS) is 12.2. The van der Waals surface area contributed by atoms with E-state index < -0.39 is 35.3 Å². The van der Waals surface area contributed by atoms with Crippen molar-refractivity contribution in [3.8, 4) is 0 Å². The molecule has 0 spiro atoms. The summed E-state index contributed by atoms with van der Waals surface area (Å²) in [6, 6.07) is 18.3. The lowest BCUT2D eigenvalue weighted by Gasteiger charge is -2.28. The fourth-order valence-corrected chi connectivity index (χ4v) is 3.86. The molecule has 43 heavy (non-hydrogen) atoms. The second-order valence-corrected chi connectivity index (χ2v) is 11.4. The molecule has 13 nitrogen and oxygen atoms in total. The number of carbonyl (C=O) groups is 3. The molecule has 0 aliphatic carbocycles. The van der Waals surface area contributed by atoms with Crippen LogP contribution in [0.2, 0.25) is 0 Å². The van der Waals surface area contributed by atoms with Crippen LogP contribution in [0.15, 0.2) is 60.7 Å². The first-order valence-corrected chi connectivity index (χ1v) is 14.1. The molecule has 1 heterocycles. The average molecular weight is 597 g/mol. The number of ether oxygens (including phenoxy) is 3. The number of aromatic nitrogens is 4. The van der Waals surface area contributed by atoms with Gasteiger partial charge in [0.2, 0.25) is 5.91 Å². The van der Waals surface area contributed by atoms with E-state index in [0.29, 0.717) is 31.9 Å². The standard InChI is InChI=1S/C30H41N7O6/c1-29(2,3)43-28(40)33-30(4,5)26(38)32-24(21-41-19-22-13-8-6-9-14-22)25-34-35-36-37(25)18-12-17-31-27(39)42-20-23-15-10-7-11-16-23/h6-11,13-16,24H,12,17-21H2,1-5H3,(H3,31,32,33,38,39,40)/p+1/t24-/m1/s1. The third kappa shape index (κ3) is 11.7. The summed E-state index contributed by atoms with van der Waals surface area (Å²) >= 11 is 0. The van der Waals surface area contributed by atoms with Crippen molar-refractivity contribution in [1.29, 1.82) is 0 Å². The van der Waals surface area contributed by atoms with Gasteiger partial charge in [-0.05, 0) is 52.2 Å². The van der Waals surface area contributed by atoms with Gasteiger partial charge in [0, 0.05) is 6.54 Å². The van der Waals surface area contributed by atoms with Crippen LogP contribution in [0.3, 0.4) is 0 Å². The fourth-order valence-electron chi connectivity index (χ4n) is 3.86. The summed E-state index contributed by atoms with van der Waals surface area (Å²) < 4.78 is 18.2. The summed E-state index contributed by atoms with van der Waals surface area (Å²) in [6.07, 6.45) is -0.703. The summed E-state index contributed by atoms with van der Waals surface area (Å²) in [6.45, 7) is 9.71. The Bertz CT molecular complexity index is 1310. The molecule has 232 valence electrons. The Morgan fingerprint density at radius 3 is 2.16 bits per heavy atom. The van der Waals surface area contributed by atoms with Gasteiger partial charge >= 0.3 is 18.0 Å². The molecule has 0 fully saturated rings. The predicted molar refractivity (Wildman–Crippen MR) is 156 cm³/mol. The summed E-state index contributed by atoms with van der Waals surface area (Å²) in [5, 5.41) is 19.2. The van der Waals surface area contributed by atoms with E-state index in [1.54, 1.807) is 39.3 Å². The van der Waals surface area contributed by atoms with Crippen molar-refractivity contribution in [3.63, 3.8) is 0 Å². The number of carbonyl (C=O) groups excluding carboxylic acids is 3. The highest BCUT2D eigenvalue weighted by Gasteiger charge is 2.36. The molecular weight excluding hydrogens is 554 g/mol. The predicted octanol–water partition coefficient (Wildman–Crippen LogP) is 3.09. The molecule has 1 atom stereocenters. The van der Waals surface area contributed by atoms with E-state index in [1.807, 2.05) is 60.7 Å². The molecule has 0 unspecified atom stereocenters. The van der Waals surface area contributed by atoms with E-state index in [4.69, 9.17) is 14.2 Å². The zero-order valence-electron chi connectivity index (χ0n) is 25.4. The second kappa shape index (κ2) is 15.6. The second-order valence-electron chi connectivity index (χ2n) is 11.4. The summed E-state index contributed by atoms with van der Waals surface area (Å²) in [5.41, 5.74) is -0.158. The number of H-pyrrole nitrogens is 1. The van der Waals surface area contributed by atoms with Crippen LogP contribution < -0.4 is 20.6 Å². The van der Waals surface area contributed by atoms with Gasteiger partial charge in [-0.25, -0.2) is 9.59 Å². The van der Waals surface area contributed by atoms with Crippen LogP contribution >= 0.6 is 0 Å². The van der Waals surface area contributed by atoms with Crippen LogP contribution in [0.5, 0.6) is 0 Å². The topological polar surface area (TPSA) is 160 Å². The highest BCUT2D eigenvalue weighted by molar-refractivity contribution is 5.89. The van der Waals surface area contributed by atoms with Crippen LogP contribution in [-0.2, 0) is 38.8 Å². The van der Waals surface area contributed by atoms with Gasteiger partial charge in [0.1, 0.15) is 28.9 Å². The molecule has 3 amide bonds. The molecular formula is C30H42N7O6+. The van der Waals surface area contributed by atoms with E-state index in [1.165, 1.54) is 0 Å². The van der Waals surface area contributed by atoms with Crippen LogP contribution in [0.4, 0.5) is 9.59 Å². The molecule has 0 saturated carbocycles. The van der Waals surface area contributed by atoms with Crippen molar-refractivity contribution in [3.05, 3.63) is 77.6 Å². The molecule has 0 bridgehead atoms. The minimum atomic E-state index is -1.31. The van der Waals surface area contributed by atoms with Crippen molar-refractivity contribution in [2.24, 2.45) is 0 Å². The highest BCUT2D eigenvalue weighted by Crippen LogP contribution is 2.14. The molecule has 1 aromatic heterocycles. The van der Waals surface area contributed by atoms with Crippen LogP contribution in [0, 0.1) is 0 Å². The Morgan fingerprint density at radius 1 is 0.907 bits per heavy atom. The smallest absolute Gasteiger partial charge is 0.408 e. The lowest BCUT2D eigenvalue weighted by molar-refractivity contribution is -0.762. The van der Waals surface area contributed by atoms with Crippen molar-refractivity contribution in [1.82, 2.24) is 31.5 Å². The Morgan fingerprint density at radius 2 is 1.53 bits per heavy atom. The van der Waals surface area contributed by atoms with Crippen molar-refractivity contribution >= 4 is 18.1 Å². The minimum Gasteiger partial charge on any atom is -0.445 e. The maximum Gasteiger partial charge on any atom is 0.408 e. The number of alkyl carbamates (subject to hydrolysis) is 2. The number of hydrogen-bond acceptors (Lipinski definition) is 8. The Kier molecular flexibility index (Phi) is 12.0. The minimum absolute atomic E-state index is 0.0831. The summed E-state index contributed by atoms with van der Waals surface area (Å²) in [5.74, 6) is -0.0508. The van der Waals surface area contributed by atoms with Gasteiger partial charge in [-0.1, -0.05) is 65.9 Å². The summed E-state index contributed by atoms with van der Waals surface area (Å²) in [4.78, 5) is 37.8. The van der Waals surface area contributed by atoms with Crippen molar-refractivity contribution < 1.29 is 33.3 Å². The largest absolute Gasteiger partial charge is 0.445 e. The molecule has 13 heteroatoms. The van der Waals surface area contributed by atoms with E-state index in [9.17, 15) is 14.4 Å². The maximum absolute atomic E-state index is 13.3. The van der Waals surface area contributed by atoms with E-state index >= 15 is 0 Å². The zero-order valence-corrected chi connectivity index (χ0v) is 25.4. The first kappa shape index (κ1) is 33.0. The third-order valence-electron chi connectivity index (χ3n) is 6.03. The number of tetrazole rings is 1. The van der Waals surface area contributed by atoms with Gasteiger partial charge in [-0.2, -0.15) is 4.68 Å². The lowest BCUT2D eigenvalue weighted by atomic mass is 10.0. The monoisotopic (exact) mass is 596 g/mol. The fraction of sp³-hybridized carbons (Fsp3) is 0.467. The van der Waals surface area contributed by atoms with Crippen molar-refractivity contribution in [2.45, 2.75) is 78.0 Å². The number of aryl methyl sites for hydroxylation is 1. The van der Waals surface area contributed by atoms with Crippen LogP contribution in [0.1, 0.15) is 64.0 Å². The molecule has 0 saturated heterocycles.